The van der Waals surface area contributed by atoms with Gasteiger partial charge in [-0.15, -0.1) is 22.7 Å². The van der Waals surface area contributed by atoms with Crippen molar-refractivity contribution in [1.29, 1.82) is 0 Å². The standard InChI is InChI=1S/C22H19N3O3S2/c1-28-18-7-6-15-9-14(4-5-16(15)10-18)12-23-20(26)11-17-13-30-22(24-17)25-21(27)19-3-2-8-29-19/h2-10,13H,11-12H2,1H3,(H,23,26)(H,24,25,27). The van der Waals surface area contributed by atoms with Gasteiger partial charge >= 0.3 is 0 Å². The Hall–Kier alpha value is -3.23. The number of hydrogen-bond donors (Lipinski definition) is 2. The molecule has 0 fully saturated rings. The van der Waals surface area contributed by atoms with Crippen LogP contribution in [0.1, 0.15) is 20.9 Å². The summed E-state index contributed by atoms with van der Waals surface area (Å²) in [5.74, 6) is 0.508. The van der Waals surface area contributed by atoms with E-state index in [0.717, 1.165) is 22.1 Å². The van der Waals surface area contributed by atoms with Gasteiger partial charge in [-0.3, -0.25) is 14.9 Å². The molecule has 8 heteroatoms. The van der Waals surface area contributed by atoms with Crippen LogP contribution in [-0.4, -0.2) is 23.9 Å². The summed E-state index contributed by atoms with van der Waals surface area (Å²) in [5.41, 5.74) is 1.65. The molecule has 6 nitrogen and oxygen atoms in total. The van der Waals surface area contributed by atoms with Gasteiger partial charge in [-0.2, -0.15) is 0 Å². The van der Waals surface area contributed by atoms with Crippen molar-refractivity contribution in [2.24, 2.45) is 0 Å². The molecule has 2 aromatic carbocycles. The van der Waals surface area contributed by atoms with E-state index in [9.17, 15) is 9.59 Å². The highest BCUT2D eigenvalue weighted by molar-refractivity contribution is 7.14. The van der Waals surface area contributed by atoms with Crippen LogP contribution in [0, 0.1) is 0 Å². The molecule has 2 heterocycles. The average molecular weight is 438 g/mol. The zero-order valence-electron chi connectivity index (χ0n) is 16.2. The molecule has 0 bridgehead atoms. The van der Waals surface area contributed by atoms with Gasteiger partial charge in [0.05, 0.1) is 24.1 Å². The van der Waals surface area contributed by atoms with Gasteiger partial charge in [0.2, 0.25) is 5.91 Å². The molecule has 0 spiro atoms. The smallest absolute Gasteiger partial charge is 0.267 e. The number of hydrogen-bond acceptors (Lipinski definition) is 6. The highest BCUT2D eigenvalue weighted by Crippen LogP contribution is 2.22. The fourth-order valence-electron chi connectivity index (χ4n) is 2.95. The first-order valence-electron chi connectivity index (χ1n) is 9.23. The summed E-state index contributed by atoms with van der Waals surface area (Å²) in [4.78, 5) is 29.3. The maximum atomic E-state index is 12.3. The zero-order valence-corrected chi connectivity index (χ0v) is 17.8. The fourth-order valence-corrected chi connectivity index (χ4v) is 4.27. The van der Waals surface area contributed by atoms with Gasteiger partial charge in [-0.1, -0.05) is 24.3 Å². The first-order chi connectivity index (χ1) is 14.6. The van der Waals surface area contributed by atoms with Crippen LogP contribution in [0.25, 0.3) is 10.8 Å². The number of benzene rings is 2. The van der Waals surface area contributed by atoms with Gasteiger partial charge in [-0.25, -0.2) is 4.98 Å². The Kier molecular flexibility index (Phi) is 6.06. The van der Waals surface area contributed by atoms with Gasteiger partial charge in [0.15, 0.2) is 5.13 Å². The molecule has 0 saturated carbocycles. The summed E-state index contributed by atoms with van der Waals surface area (Å²) < 4.78 is 5.24. The minimum Gasteiger partial charge on any atom is -0.497 e. The minimum atomic E-state index is -0.190. The Morgan fingerprint density at radius 1 is 1.07 bits per heavy atom. The number of aromatic nitrogens is 1. The molecule has 0 unspecified atom stereocenters. The topological polar surface area (TPSA) is 80.3 Å². The third-order valence-corrected chi connectivity index (χ3v) is 6.14. The zero-order chi connectivity index (χ0) is 20.9. The SMILES string of the molecule is COc1ccc2cc(CNC(=O)Cc3csc(NC(=O)c4cccs4)n3)ccc2c1. The number of rotatable bonds is 7. The Bertz CT molecular complexity index is 1190. The Morgan fingerprint density at radius 3 is 2.70 bits per heavy atom. The number of nitrogens with one attached hydrogen (secondary N) is 2. The summed E-state index contributed by atoms with van der Waals surface area (Å²) in [7, 11) is 1.65. The van der Waals surface area contributed by atoms with E-state index in [1.54, 1.807) is 18.6 Å². The number of methoxy groups -OCH3 is 1. The summed E-state index contributed by atoms with van der Waals surface area (Å²) in [6, 6.07) is 15.5. The normalized spacial score (nSPS) is 10.7. The molecule has 0 saturated heterocycles. The molecule has 2 aromatic heterocycles. The molecule has 4 aromatic rings. The maximum Gasteiger partial charge on any atom is 0.267 e. The molecule has 0 aliphatic carbocycles. The van der Waals surface area contributed by atoms with E-state index in [4.69, 9.17) is 4.74 Å². The van der Waals surface area contributed by atoms with Crippen LogP contribution < -0.4 is 15.4 Å². The van der Waals surface area contributed by atoms with Gasteiger partial charge in [0.1, 0.15) is 5.75 Å². The number of thiazole rings is 1. The highest BCUT2D eigenvalue weighted by Gasteiger charge is 2.12. The van der Waals surface area contributed by atoms with Crippen molar-refractivity contribution >= 4 is 50.4 Å². The van der Waals surface area contributed by atoms with E-state index >= 15 is 0 Å². The number of fused-ring (bicyclic) bond motifs is 1. The second-order valence-corrected chi connectivity index (χ2v) is 8.38. The molecule has 152 valence electrons. The quantitative estimate of drug-likeness (QED) is 0.447. The molecule has 0 atom stereocenters. The molecular weight excluding hydrogens is 418 g/mol. The fraction of sp³-hybridized carbons (Fsp3) is 0.136. The number of nitrogens with zero attached hydrogens (tertiary/aromatic N) is 1. The second kappa shape index (κ2) is 9.06. The van der Waals surface area contributed by atoms with Crippen molar-refractivity contribution in [1.82, 2.24) is 10.3 Å². The van der Waals surface area contributed by atoms with Crippen molar-refractivity contribution in [2.45, 2.75) is 13.0 Å². The molecule has 0 aliphatic heterocycles. The van der Waals surface area contributed by atoms with Crippen molar-refractivity contribution in [3.8, 4) is 5.75 Å². The summed E-state index contributed by atoms with van der Waals surface area (Å²) in [6.07, 6.45) is 0.163. The van der Waals surface area contributed by atoms with Gasteiger partial charge in [0, 0.05) is 11.9 Å². The lowest BCUT2D eigenvalue weighted by molar-refractivity contribution is -0.120. The number of amides is 2. The predicted molar refractivity (Wildman–Crippen MR) is 120 cm³/mol. The molecule has 0 aliphatic rings. The van der Waals surface area contributed by atoms with Crippen LogP contribution in [0.3, 0.4) is 0 Å². The highest BCUT2D eigenvalue weighted by atomic mass is 32.1. The van der Waals surface area contributed by atoms with Crippen LogP contribution in [0.2, 0.25) is 0 Å². The molecule has 30 heavy (non-hydrogen) atoms. The van der Waals surface area contributed by atoms with E-state index in [1.165, 1.54) is 22.7 Å². The molecule has 0 radical (unpaired) electrons. The lowest BCUT2D eigenvalue weighted by Crippen LogP contribution is -2.24. The van der Waals surface area contributed by atoms with Crippen molar-refractivity contribution < 1.29 is 14.3 Å². The van der Waals surface area contributed by atoms with Crippen molar-refractivity contribution in [3.63, 3.8) is 0 Å². The van der Waals surface area contributed by atoms with E-state index in [0.29, 0.717) is 22.2 Å². The first kappa shape index (κ1) is 20.1. The van der Waals surface area contributed by atoms with Gasteiger partial charge in [-0.05, 0) is 46.0 Å². The van der Waals surface area contributed by atoms with E-state index in [2.05, 4.69) is 21.7 Å². The Labute approximate surface area is 181 Å². The van der Waals surface area contributed by atoms with E-state index in [-0.39, 0.29) is 18.2 Å². The predicted octanol–water partition coefficient (Wildman–Crippen LogP) is 4.48. The van der Waals surface area contributed by atoms with Crippen molar-refractivity contribution in [2.75, 3.05) is 12.4 Å². The van der Waals surface area contributed by atoms with Crippen LogP contribution in [0.15, 0.2) is 59.3 Å². The number of anilines is 1. The molecule has 2 N–H and O–H groups in total. The molecule has 2 amide bonds. The van der Waals surface area contributed by atoms with Gasteiger partial charge < -0.3 is 10.1 Å². The minimum absolute atomic E-state index is 0.119. The lowest BCUT2D eigenvalue weighted by atomic mass is 10.1. The summed E-state index contributed by atoms with van der Waals surface area (Å²) in [6.45, 7) is 0.437. The number of carbonyl (C=O) groups excluding carboxylic acids is 2. The molecular formula is C22H19N3O3S2. The van der Waals surface area contributed by atoms with E-state index in [1.807, 2.05) is 41.8 Å². The number of thiophene rings is 1. The van der Waals surface area contributed by atoms with Crippen LogP contribution in [0.4, 0.5) is 5.13 Å². The van der Waals surface area contributed by atoms with Crippen molar-refractivity contribution in [3.05, 3.63) is 75.4 Å². The van der Waals surface area contributed by atoms with E-state index < -0.39 is 0 Å². The Morgan fingerprint density at radius 2 is 1.90 bits per heavy atom. The molecule has 4 rings (SSSR count). The summed E-state index contributed by atoms with van der Waals surface area (Å²) >= 11 is 2.68. The number of ether oxygens (including phenoxy) is 1. The Balaban J connectivity index is 1.31. The third-order valence-electron chi connectivity index (χ3n) is 4.46. The monoisotopic (exact) mass is 437 g/mol. The van der Waals surface area contributed by atoms with Gasteiger partial charge in [0.25, 0.3) is 5.91 Å². The second-order valence-electron chi connectivity index (χ2n) is 6.58. The average Bonchev–Trinajstić information content (AvgIpc) is 3.44. The van der Waals surface area contributed by atoms with Crippen LogP contribution in [-0.2, 0) is 17.8 Å². The van der Waals surface area contributed by atoms with Crippen LogP contribution >= 0.6 is 22.7 Å². The largest absolute Gasteiger partial charge is 0.497 e. The maximum absolute atomic E-state index is 12.3. The van der Waals surface area contributed by atoms with Crippen LogP contribution in [0.5, 0.6) is 5.75 Å². The lowest BCUT2D eigenvalue weighted by Gasteiger charge is -2.07. The summed E-state index contributed by atoms with van der Waals surface area (Å²) in [5, 5.41) is 12.0. The number of carbonyl (C=O) groups is 2. The first-order valence-corrected chi connectivity index (χ1v) is 11.0. The third kappa shape index (κ3) is 4.84.